The van der Waals surface area contributed by atoms with Crippen molar-refractivity contribution in [3.63, 3.8) is 0 Å². The molecule has 17 heteroatoms. The molecule has 2 atom stereocenters. The molecule has 1 amide bonds. The average molecular weight is 705 g/mol. The minimum Gasteiger partial charge on any atom is -0.380 e. The number of rotatable bonds is 5. The van der Waals surface area contributed by atoms with Crippen molar-refractivity contribution in [1.29, 1.82) is 0 Å². The number of benzene rings is 2. The van der Waals surface area contributed by atoms with E-state index in [4.69, 9.17) is 11.6 Å². The Morgan fingerprint density at radius 3 is 2.11 bits per heavy atom. The van der Waals surface area contributed by atoms with Crippen LogP contribution < -0.4 is 4.90 Å². The van der Waals surface area contributed by atoms with Gasteiger partial charge in [-0.2, -0.15) is 26.3 Å². The van der Waals surface area contributed by atoms with E-state index in [1.165, 1.54) is 41.0 Å². The van der Waals surface area contributed by atoms with E-state index in [1.807, 2.05) is 0 Å². The Labute approximate surface area is 261 Å². The number of halogens is 8. The normalized spacial score (nSPS) is 27.7. The fourth-order valence-electron chi connectivity index (χ4n) is 6.68. The number of anilines is 1. The number of hydrogen-bond donors (Lipinski definition) is 1. The number of carbonyl (C=O) groups is 1. The Bertz CT molecular complexity index is 1610. The van der Waals surface area contributed by atoms with Crippen molar-refractivity contribution < 1.29 is 53.3 Å². The lowest BCUT2D eigenvalue weighted by Crippen LogP contribution is -2.62. The van der Waals surface area contributed by atoms with E-state index < -0.39 is 66.5 Å². The van der Waals surface area contributed by atoms with Crippen LogP contribution in [0.4, 0.5) is 36.4 Å². The highest BCUT2D eigenvalue weighted by Gasteiger charge is 2.74. The monoisotopic (exact) mass is 704 g/mol. The van der Waals surface area contributed by atoms with Gasteiger partial charge in [0, 0.05) is 58.2 Å². The zero-order valence-corrected chi connectivity index (χ0v) is 26.0. The highest BCUT2D eigenvalue weighted by atomic mass is 35.5. The maximum atomic E-state index is 15.2. The molecule has 0 bridgehead atoms. The minimum absolute atomic E-state index is 0.0328. The van der Waals surface area contributed by atoms with E-state index in [0.717, 1.165) is 6.07 Å². The molecule has 2 fully saturated rings. The van der Waals surface area contributed by atoms with Crippen LogP contribution in [-0.4, -0.2) is 83.7 Å². The number of nitrogens with zero attached hydrogens (tertiary/aromatic N) is 2. The Kier molecular flexibility index (Phi) is 8.35. The summed E-state index contributed by atoms with van der Waals surface area (Å²) in [6.45, 7) is 0.842. The van der Waals surface area contributed by atoms with Gasteiger partial charge >= 0.3 is 18.0 Å². The van der Waals surface area contributed by atoms with E-state index in [-0.39, 0.29) is 77.6 Å². The first-order valence-corrected chi connectivity index (χ1v) is 17.2. The van der Waals surface area contributed by atoms with Gasteiger partial charge < -0.3 is 14.9 Å². The predicted molar refractivity (Wildman–Crippen MR) is 152 cm³/mol. The summed E-state index contributed by atoms with van der Waals surface area (Å²) in [5.74, 6) is -0.749. The van der Waals surface area contributed by atoms with Crippen LogP contribution in [0.3, 0.4) is 0 Å². The molecule has 3 aliphatic heterocycles. The first-order chi connectivity index (χ1) is 20.7. The third-order valence-electron chi connectivity index (χ3n) is 9.14. The number of carbonyl (C=O) groups excluding carboxylic acids is 1. The number of alkyl halides is 7. The molecule has 3 heterocycles. The van der Waals surface area contributed by atoms with E-state index >= 15 is 4.39 Å². The van der Waals surface area contributed by atoms with E-state index in [2.05, 4.69) is 0 Å². The van der Waals surface area contributed by atoms with Crippen LogP contribution in [0.25, 0.3) is 0 Å². The molecule has 5 rings (SSSR count). The summed E-state index contributed by atoms with van der Waals surface area (Å²) < 4.78 is 136. The van der Waals surface area contributed by atoms with Gasteiger partial charge in [-0.15, -0.1) is 0 Å². The number of hydrogen-bond acceptors (Lipinski definition) is 6. The Morgan fingerprint density at radius 2 is 1.58 bits per heavy atom. The maximum absolute atomic E-state index is 15.2. The summed E-state index contributed by atoms with van der Waals surface area (Å²) in [6, 6.07) is 5.12. The van der Waals surface area contributed by atoms with Crippen molar-refractivity contribution in [2.24, 2.45) is 0 Å². The molecule has 0 saturated carbocycles. The highest BCUT2D eigenvalue weighted by Crippen LogP contribution is 2.58. The van der Waals surface area contributed by atoms with Gasteiger partial charge in [0.05, 0.1) is 10.9 Å². The van der Waals surface area contributed by atoms with Gasteiger partial charge in [-0.3, -0.25) is 9.00 Å². The molecule has 7 nitrogen and oxygen atoms in total. The second kappa shape index (κ2) is 11.1. The van der Waals surface area contributed by atoms with Crippen LogP contribution in [0.5, 0.6) is 0 Å². The fourth-order valence-corrected chi connectivity index (χ4v) is 10.4. The van der Waals surface area contributed by atoms with Gasteiger partial charge in [-0.05, 0) is 62.1 Å². The van der Waals surface area contributed by atoms with Crippen molar-refractivity contribution in [2.75, 3.05) is 36.0 Å². The lowest BCUT2D eigenvalue weighted by molar-refractivity contribution is -0.348. The van der Waals surface area contributed by atoms with Crippen LogP contribution in [0.1, 0.15) is 37.3 Å². The van der Waals surface area contributed by atoms with Gasteiger partial charge in [0.2, 0.25) is 0 Å². The van der Waals surface area contributed by atoms with Gasteiger partial charge in [0.1, 0.15) is 10.3 Å². The Balaban J connectivity index is 1.74. The minimum atomic E-state index is -6.39. The lowest BCUT2D eigenvalue weighted by Gasteiger charge is -2.48. The molecular weight excluding hydrogens is 677 g/mol. The van der Waals surface area contributed by atoms with E-state index in [1.54, 1.807) is 0 Å². The second-order valence-electron chi connectivity index (χ2n) is 11.4. The first-order valence-electron chi connectivity index (χ1n) is 13.9. The van der Waals surface area contributed by atoms with Gasteiger partial charge in [-0.1, -0.05) is 23.7 Å². The van der Waals surface area contributed by atoms with Crippen molar-refractivity contribution >= 4 is 43.8 Å². The molecule has 1 N–H and O–H groups in total. The number of likely N-dealkylation sites (tertiary alicyclic amines) is 1. The molecule has 3 aliphatic rings. The summed E-state index contributed by atoms with van der Waals surface area (Å²) in [5, 5.41) is 11.5. The standard InChI is InChI=1S/C28H28ClF7N2O5S2/c1-2-37-16-22-25(45(42,43)19-6-4-18(29)5-7-19,9-12-38(22)23(39)24(40)10-13-44(41)14-11-24)20-8-3-17(15-21(20)37)26(30,27(31,32)33)28(34,35)36/h3-8,15,22,40H,2,9-14,16H2,1H3. The molecule has 2 saturated heterocycles. The largest absolute Gasteiger partial charge is 0.435 e. The topological polar surface area (TPSA) is 95.0 Å². The van der Waals surface area contributed by atoms with Crippen LogP contribution in [-0.2, 0) is 35.8 Å². The molecule has 2 aromatic rings. The predicted octanol–water partition coefficient (Wildman–Crippen LogP) is 5.01. The fraction of sp³-hybridized carbons (Fsp3) is 0.536. The summed E-state index contributed by atoms with van der Waals surface area (Å²) in [5.41, 5.74) is -10.1. The maximum Gasteiger partial charge on any atom is 0.435 e. The number of amides is 1. The summed E-state index contributed by atoms with van der Waals surface area (Å²) in [7, 11) is -5.86. The van der Waals surface area contributed by atoms with Crippen molar-refractivity contribution in [1.82, 2.24) is 4.90 Å². The zero-order valence-electron chi connectivity index (χ0n) is 23.6. The molecule has 248 valence electrons. The number of sulfone groups is 1. The SMILES string of the molecule is CCN1CC2N(C(=O)C3(O)CCS(=O)CC3)CCC2(S(=O)(=O)c2ccc(Cl)cc2)c2ccc(C(F)(C(F)(F)F)C(F)(F)F)cc21. The third kappa shape index (κ3) is 5.05. The molecule has 0 radical (unpaired) electrons. The van der Waals surface area contributed by atoms with Gasteiger partial charge in [-0.25, -0.2) is 12.8 Å². The molecule has 0 aliphatic carbocycles. The molecule has 0 spiro atoms. The van der Waals surface area contributed by atoms with E-state index in [0.29, 0.717) is 6.07 Å². The number of likely N-dealkylation sites (N-methyl/N-ethyl adjacent to an activating group) is 1. The molecular formula is C28H28ClF7N2O5S2. The van der Waals surface area contributed by atoms with Crippen molar-refractivity contribution in [3.05, 3.63) is 58.6 Å². The van der Waals surface area contributed by atoms with Gasteiger partial charge in [0.15, 0.2) is 9.84 Å². The van der Waals surface area contributed by atoms with Crippen LogP contribution >= 0.6 is 11.6 Å². The molecule has 2 unspecified atom stereocenters. The Hall–Kier alpha value is -2.43. The van der Waals surface area contributed by atoms with Gasteiger partial charge in [0.25, 0.3) is 5.91 Å². The third-order valence-corrected chi connectivity index (χ3v) is 13.3. The first kappa shape index (κ1) is 33.9. The summed E-state index contributed by atoms with van der Waals surface area (Å²) >= 11 is 5.96. The quantitative estimate of drug-likeness (QED) is 0.440. The smallest absolute Gasteiger partial charge is 0.380 e. The average Bonchev–Trinajstić information content (AvgIpc) is 3.37. The molecule has 0 aromatic heterocycles. The summed E-state index contributed by atoms with van der Waals surface area (Å²) in [6.07, 6.45) is -13.4. The zero-order chi connectivity index (χ0) is 33.4. The summed E-state index contributed by atoms with van der Waals surface area (Å²) in [4.78, 5) is 16.1. The molecule has 2 aromatic carbocycles. The van der Waals surface area contributed by atoms with Crippen molar-refractivity contribution in [3.8, 4) is 0 Å². The number of fused-ring (bicyclic) bond motifs is 3. The van der Waals surface area contributed by atoms with Crippen LogP contribution in [0, 0.1) is 0 Å². The Morgan fingerprint density at radius 1 is 1.00 bits per heavy atom. The molecule has 45 heavy (non-hydrogen) atoms. The highest BCUT2D eigenvalue weighted by molar-refractivity contribution is 7.92. The second-order valence-corrected chi connectivity index (χ2v) is 15.8. The lowest BCUT2D eigenvalue weighted by atomic mass is 9.82. The van der Waals surface area contributed by atoms with Crippen LogP contribution in [0.15, 0.2) is 47.4 Å². The van der Waals surface area contributed by atoms with Crippen LogP contribution in [0.2, 0.25) is 5.02 Å². The van der Waals surface area contributed by atoms with E-state index in [9.17, 15) is 48.9 Å². The number of aliphatic hydroxyl groups is 1. The van der Waals surface area contributed by atoms with Crippen molar-refractivity contribution in [2.45, 2.75) is 65.5 Å².